The van der Waals surface area contributed by atoms with Gasteiger partial charge in [-0.1, -0.05) is 24.3 Å². The van der Waals surface area contributed by atoms with Crippen molar-refractivity contribution in [3.8, 4) is 17.2 Å². The van der Waals surface area contributed by atoms with Gasteiger partial charge in [0.2, 0.25) is 0 Å². The van der Waals surface area contributed by atoms with E-state index in [1.54, 1.807) is 11.3 Å². The lowest BCUT2D eigenvalue weighted by Crippen LogP contribution is -2.34. The summed E-state index contributed by atoms with van der Waals surface area (Å²) in [7, 11) is 0. The molecule has 27 heavy (non-hydrogen) atoms. The number of amides is 1. The molecule has 1 atom stereocenters. The summed E-state index contributed by atoms with van der Waals surface area (Å²) in [5, 5.41) is 2.06. The molecular weight excluding hydrogens is 358 g/mol. The monoisotopic (exact) mass is 379 g/mol. The fourth-order valence-corrected chi connectivity index (χ4v) is 4.17. The van der Waals surface area contributed by atoms with Crippen LogP contribution in [0, 0.1) is 0 Å². The minimum absolute atomic E-state index is 0.0375. The van der Waals surface area contributed by atoms with E-state index < -0.39 is 0 Å². The van der Waals surface area contributed by atoms with E-state index in [-0.39, 0.29) is 18.6 Å². The van der Waals surface area contributed by atoms with Crippen LogP contribution in [0.5, 0.6) is 17.2 Å². The molecule has 1 amide bonds. The zero-order valence-electron chi connectivity index (χ0n) is 14.9. The molecule has 1 unspecified atom stereocenters. The Hall–Kier alpha value is -2.79. The van der Waals surface area contributed by atoms with E-state index in [9.17, 15) is 4.79 Å². The zero-order valence-corrected chi connectivity index (χ0v) is 15.7. The Balaban J connectivity index is 1.32. The summed E-state index contributed by atoms with van der Waals surface area (Å²) in [6.07, 6.45) is 2.07. The topological polar surface area (TPSA) is 38.8 Å². The van der Waals surface area contributed by atoms with Crippen molar-refractivity contribution in [3.63, 3.8) is 0 Å². The Kier molecular flexibility index (Phi) is 5.39. The standard InChI is InChI=1S/C22H21NO3S/c24-22(23-14-4-8-20(23)21-9-5-15-27-21)16-25-17-10-12-19(13-11-17)26-18-6-2-1-3-7-18/h1-3,5-7,9-13,15,20H,4,8,14,16H2. The Morgan fingerprint density at radius 3 is 2.44 bits per heavy atom. The van der Waals surface area contributed by atoms with Crippen LogP contribution >= 0.6 is 11.3 Å². The van der Waals surface area contributed by atoms with Crippen molar-refractivity contribution in [2.45, 2.75) is 18.9 Å². The number of para-hydroxylation sites is 1. The maximum absolute atomic E-state index is 12.6. The van der Waals surface area contributed by atoms with Crippen LogP contribution in [0.15, 0.2) is 72.1 Å². The van der Waals surface area contributed by atoms with Gasteiger partial charge < -0.3 is 14.4 Å². The van der Waals surface area contributed by atoms with Crippen LogP contribution in [0.1, 0.15) is 23.8 Å². The second-order valence-corrected chi connectivity index (χ2v) is 7.42. The van der Waals surface area contributed by atoms with Crippen molar-refractivity contribution >= 4 is 17.2 Å². The van der Waals surface area contributed by atoms with E-state index in [1.807, 2.05) is 65.6 Å². The Morgan fingerprint density at radius 1 is 0.963 bits per heavy atom. The van der Waals surface area contributed by atoms with Crippen LogP contribution in [-0.4, -0.2) is 24.0 Å². The number of benzene rings is 2. The number of carbonyl (C=O) groups is 1. The zero-order chi connectivity index (χ0) is 18.5. The van der Waals surface area contributed by atoms with Crippen LogP contribution in [-0.2, 0) is 4.79 Å². The average molecular weight is 379 g/mol. The number of hydrogen-bond donors (Lipinski definition) is 0. The first-order valence-corrected chi connectivity index (χ1v) is 9.96. The number of ether oxygens (including phenoxy) is 2. The van der Waals surface area contributed by atoms with Gasteiger partial charge in [-0.3, -0.25) is 4.79 Å². The van der Waals surface area contributed by atoms with Gasteiger partial charge in [-0.25, -0.2) is 0 Å². The third kappa shape index (κ3) is 4.31. The molecule has 0 radical (unpaired) electrons. The lowest BCUT2D eigenvalue weighted by atomic mass is 10.2. The van der Waals surface area contributed by atoms with E-state index in [0.717, 1.165) is 30.9 Å². The molecule has 0 N–H and O–H groups in total. The molecule has 1 aliphatic heterocycles. The van der Waals surface area contributed by atoms with Crippen molar-refractivity contribution in [2.24, 2.45) is 0 Å². The lowest BCUT2D eigenvalue weighted by molar-refractivity contribution is -0.134. The molecule has 2 aromatic carbocycles. The smallest absolute Gasteiger partial charge is 0.261 e. The Labute approximate surface area is 163 Å². The van der Waals surface area contributed by atoms with Gasteiger partial charge in [0.05, 0.1) is 6.04 Å². The summed E-state index contributed by atoms with van der Waals surface area (Å²) in [5.41, 5.74) is 0. The van der Waals surface area contributed by atoms with Crippen LogP contribution in [0.2, 0.25) is 0 Å². The van der Waals surface area contributed by atoms with E-state index in [0.29, 0.717) is 5.75 Å². The van der Waals surface area contributed by atoms with Gasteiger partial charge in [0.15, 0.2) is 6.61 Å². The van der Waals surface area contributed by atoms with Gasteiger partial charge in [0.1, 0.15) is 17.2 Å². The molecule has 4 nitrogen and oxygen atoms in total. The molecule has 0 aliphatic carbocycles. The predicted octanol–water partition coefficient (Wildman–Crippen LogP) is 5.28. The lowest BCUT2D eigenvalue weighted by Gasteiger charge is -2.24. The fourth-order valence-electron chi connectivity index (χ4n) is 3.30. The molecule has 4 rings (SSSR count). The number of thiophene rings is 1. The first kappa shape index (κ1) is 17.6. The molecule has 1 aliphatic rings. The normalized spacial score (nSPS) is 16.3. The van der Waals surface area contributed by atoms with E-state index >= 15 is 0 Å². The Bertz CT molecular complexity index is 862. The van der Waals surface area contributed by atoms with Crippen molar-refractivity contribution in [2.75, 3.05) is 13.2 Å². The maximum atomic E-state index is 12.6. The summed E-state index contributed by atoms with van der Waals surface area (Å²) in [5.74, 6) is 2.22. The highest BCUT2D eigenvalue weighted by molar-refractivity contribution is 7.10. The molecule has 0 bridgehead atoms. The fraction of sp³-hybridized carbons (Fsp3) is 0.227. The van der Waals surface area contributed by atoms with E-state index in [4.69, 9.17) is 9.47 Å². The molecule has 1 saturated heterocycles. The van der Waals surface area contributed by atoms with Gasteiger partial charge in [-0.05, 0) is 60.7 Å². The minimum atomic E-state index is 0.0375. The van der Waals surface area contributed by atoms with Crippen molar-refractivity contribution in [1.82, 2.24) is 4.90 Å². The molecule has 3 aromatic rings. The highest BCUT2D eigenvalue weighted by Crippen LogP contribution is 2.34. The van der Waals surface area contributed by atoms with Crippen LogP contribution < -0.4 is 9.47 Å². The van der Waals surface area contributed by atoms with E-state index in [1.165, 1.54) is 4.88 Å². The first-order valence-electron chi connectivity index (χ1n) is 9.08. The molecule has 2 heterocycles. The minimum Gasteiger partial charge on any atom is -0.484 e. The molecule has 138 valence electrons. The SMILES string of the molecule is O=C(COc1ccc(Oc2ccccc2)cc1)N1CCCC1c1cccs1. The molecular formula is C22H21NO3S. The van der Waals surface area contributed by atoms with Crippen LogP contribution in [0.3, 0.4) is 0 Å². The summed E-state index contributed by atoms with van der Waals surface area (Å²) in [6, 6.07) is 21.3. The molecule has 0 saturated carbocycles. The maximum Gasteiger partial charge on any atom is 0.261 e. The summed E-state index contributed by atoms with van der Waals surface area (Å²) < 4.78 is 11.5. The van der Waals surface area contributed by atoms with Crippen molar-refractivity contribution < 1.29 is 14.3 Å². The number of hydrogen-bond acceptors (Lipinski definition) is 4. The number of rotatable bonds is 6. The summed E-state index contributed by atoms with van der Waals surface area (Å²) >= 11 is 1.71. The third-order valence-corrected chi connectivity index (χ3v) is 5.58. The second-order valence-electron chi connectivity index (χ2n) is 6.44. The highest BCUT2D eigenvalue weighted by atomic mass is 32.1. The van der Waals surface area contributed by atoms with Crippen molar-refractivity contribution in [3.05, 3.63) is 77.0 Å². The predicted molar refractivity (Wildman–Crippen MR) is 106 cm³/mol. The molecule has 0 spiro atoms. The summed E-state index contributed by atoms with van der Waals surface area (Å²) in [4.78, 5) is 15.8. The van der Waals surface area contributed by atoms with Crippen LogP contribution in [0.4, 0.5) is 0 Å². The number of nitrogens with zero attached hydrogens (tertiary/aromatic N) is 1. The van der Waals surface area contributed by atoms with Gasteiger partial charge >= 0.3 is 0 Å². The van der Waals surface area contributed by atoms with Gasteiger partial charge in [-0.2, -0.15) is 0 Å². The molecule has 5 heteroatoms. The van der Waals surface area contributed by atoms with Crippen LogP contribution in [0.25, 0.3) is 0 Å². The first-order chi connectivity index (χ1) is 13.3. The second kappa shape index (κ2) is 8.27. The van der Waals surface area contributed by atoms with Gasteiger partial charge in [0.25, 0.3) is 5.91 Å². The average Bonchev–Trinajstić information content (AvgIpc) is 3.39. The molecule has 1 aromatic heterocycles. The van der Waals surface area contributed by atoms with Crippen molar-refractivity contribution in [1.29, 1.82) is 0 Å². The third-order valence-electron chi connectivity index (χ3n) is 4.61. The summed E-state index contributed by atoms with van der Waals surface area (Å²) in [6.45, 7) is 0.857. The Morgan fingerprint density at radius 2 is 1.70 bits per heavy atom. The quantitative estimate of drug-likeness (QED) is 0.585. The molecule has 1 fully saturated rings. The van der Waals surface area contributed by atoms with Gasteiger partial charge in [0, 0.05) is 11.4 Å². The number of carbonyl (C=O) groups excluding carboxylic acids is 1. The largest absolute Gasteiger partial charge is 0.484 e. The number of likely N-dealkylation sites (tertiary alicyclic amines) is 1. The van der Waals surface area contributed by atoms with E-state index in [2.05, 4.69) is 11.4 Å². The highest BCUT2D eigenvalue weighted by Gasteiger charge is 2.30. The van der Waals surface area contributed by atoms with Gasteiger partial charge in [-0.15, -0.1) is 11.3 Å².